The Labute approximate surface area is 135 Å². The van der Waals surface area contributed by atoms with Crippen molar-refractivity contribution in [3.63, 3.8) is 0 Å². The molecule has 1 N–H and O–H groups in total. The monoisotopic (exact) mass is 330 g/mol. The molecule has 3 nitrogen and oxygen atoms in total. The molecule has 23 heavy (non-hydrogen) atoms. The van der Waals surface area contributed by atoms with Crippen LogP contribution in [0.5, 0.6) is 0 Å². The van der Waals surface area contributed by atoms with Crippen LogP contribution in [0.3, 0.4) is 0 Å². The fourth-order valence-corrected chi connectivity index (χ4v) is 2.73. The van der Waals surface area contributed by atoms with E-state index in [1.54, 1.807) is 0 Å². The lowest BCUT2D eigenvalue weighted by Crippen LogP contribution is -2.21. The van der Waals surface area contributed by atoms with Gasteiger partial charge in [-0.2, -0.15) is 13.2 Å². The normalized spacial score (nSPS) is 14.3. The molecule has 0 saturated carbocycles. The summed E-state index contributed by atoms with van der Waals surface area (Å²) in [6, 6.07) is 2.39. The largest absolute Gasteiger partial charge is 0.418 e. The van der Waals surface area contributed by atoms with E-state index in [9.17, 15) is 18.3 Å². The minimum absolute atomic E-state index is 0.113. The van der Waals surface area contributed by atoms with Crippen LogP contribution < -0.4 is 0 Å². The lowest BCUT2D eigenvalue weighted by molar-refractivity contribution is -0.140. The van der Waals surface area contributed by atoms with Crippen molar-refractivity contribution in [3.05, 3.63) is 35.9 Å². The van der Waals surface area contributed by atoms with Crippen LogP contribution in [-0.4, -0.2) is 14.5 Å². The summed E-state index contributed by atoms with van der Waals surface area (Å²) in [5.74, 6) is -0.205. The number of fused-ring (bicyclic) bond motifs is 1. The first-order chi connectivity index (χ1) is 10.9. The fraction of sp³-hybridized carbons (Fsp3) is 0.588. The number of aliphatic hydroxyl groups excluding tert-OH is 1. The number of imidazole rings is 1. The average Bonchev–Trinajstić information content (AvgIpc) is 3.00. The molecule has 0 aliphatic carbocycles. The molecule has 2 atom stereocenters. The Morgan fingerprint density at radius 1 is 1.22 bits per heavy atom. The van der Waals surface area contributed by atoms with Crippen molar-refractivity contribution < 1.29 is 18.3 Å². The molecular weight excluding hydrogens is 305 g/mol. The van der Waals surface area contributed by atoms with Gasteiger partial charge in [-0.05, 0) is 24.5 Å². The summed E-state index contributed by atoms with van der Waals surface area (Å²) in [7, 11) is 0. The van der Waals surface area contributed by atoms with Crippen molar-refractivity contribution in [1.29, 1.82) is 0 Å². The van der Waals surface area contributed by atoms with E-state index in [1.807, 2.05) is 27.7 Å². The van der Waals surface area contributed by atoms with Crippen molar-refractivity contribution in [3.8, 4) is 0 Å². The van der Waals surface area contributed by atoms with E-state index in [2.05, 4.69) is 4.98 Å². The smallest absolute Gasteiger partial charge is 0.387 e. The lowest BCUT2D eigenvalue weighted by atomic mass is 9.90. The van der Waals surface area contributed by atoms with Crippen LogP contribution >= 0.6 is 0 Å². The Balaban J connectivity index is 0.00000127. The molecule has 2 aromatic rings. The molecule has 0 radical (unpaired) electrons. The fourth-order valence-electron chi connectivity index (χ4n) is 2.73. The van der Waals surface area contributed by atoms with Crippen LogP contribution in [-0.2, 0) is 6.18 Å². The number of aromatic nitrogens is 2. The first-order valence-electron chi connectivity index (χ1n) is 8.10. The summed E-state index contributed by atoms with van der Waals surface area (Å²) in [6.07, 6.45) is -0.739. The molecular formula is C17H25F3N2O. The first kappa shape index (κ1) is 19.5. The number of halogens is 3. The summed E-state index contributed by atoms with van der Waals surface area (Å²) in [6.45, 7) is 7.84. The average molecular weight is 330 g/mol. The maximum Gasteiger partial charge on any atom is 0.418 e. The van der Waals surface area contributed by atoms with Crippen molar-refractivity contribution in [2.75, 3.05) is 0 Å². The van der Waals surface area contributed by atoms with Crippen LogP contribution in [0.25, 0.3) is 5.52 Å². The Kier molecular flexibility index (Phi) is 7.06. The molecule has 130 valence electrons. The molecule has 0 aliphatic heterocycles. The van der Waals surface area contributed by atoms with E-state index in [-0.39, 0.29) is 11.6 Å². The zero-order valence-corrected chi connectivity index (χ0v) is 14.1. The van der Waals surface area contributed by atoms with Gasteiger partial charge >= 0.3 is 6.18 Å². The van der Waals surface area contributed by atoms with Crippen LogP contribution in [0.4, 0.5) is 13.2 Å². The Hall–Kier alpha value is -1.56. The molecule has 2 unspecified atom stereocenters. The standard InChI is InChI=1S/C15H19F3N2O.C2H6/c1-3-5-10(4-2)14(21)13-12(15(16,17)18)7-6-11-8-19-9-20(11)13;1-2/h6-10,14,21H,3-5H2,1-2H3;1-2H3. The third-order valence-corrected chi connectivity index (χ3v) is 3.84. The minimum Gasteiger partial charge on any atom is -0.387 e. The second kappa shape index (κ2) is 8.34. The molecule has 6 heteroatoms. The van der Waals surface area contributed by atoms with Gasteiger partial charge in [0.05, 0.1) is 35.4 Å². The van der Waals surface area contributed by atoms with Gasteiger partial charge in [0, 0.05) is 0 Å². The van der Waals surface area contributed by atoms with E-state index >= 15 is 0 Å². The molecule has 0 aromatic carbocycles. The van der Waals surface area contributed by atoms with E-state index < -0.39 is 17.8 Å². The first-order valence-corrected chi connectivity index (χ1v) is 8.10. The maximum atomic E-state index is 13.3. The second-order valence-electron chi connectivity index (χ2n) is 5.22. The number of hydrogen-bond donors (Lipinski definition) is 1. The highest BCUT2D eigenvalue weighted by Gasteiger charge is 2.37. The molecule has 2 aromatic heterocycles. The molecule has 0 spiro atoms. The zero-order valence-electron chi connectivity index (χ0n) is 14.1. The third-order valence-electron chi connectivity index (χ3n) is 3.84. The molecule has 0 fully saturated rings. The van der Waals surface area contributed by atoms with Crippen molar-refractivity contribution >= 4 is 5.52 Å². The van der Waals surface area contributed by atoms with Gasteiger partial charge in [-0.15, -0.1) is 0 Å². The van der Waals surface area contributed by atoms with Crippen LogP contribution in [0.15, 0.2) is 24.7 Å². The highest BCUT2D eigenvalue weighted by Crippen LogP contribution is 2.38. The van der Waals surface area contributed by atoms with Gasteiger partial charge in [0.15, 0.2) is 0 Å². The Morgan fingerprint density at radius 3 is 2.39 bits per heavy atom. The van der Waals surface area contributed by atoms with Crippen LogP contribution in [0.1, 0.15) is 64.3 Å². The quantitative estimate of drug-likeness (QED) is 0.814. The van der Waals surface area contributed by atoms with Crippen LogP contribution in [0.2, 0.25) is 0 Å². The predicted octanol–water partition coefficient (Wildman–Crippen LogP) is 5.24. The van der Waals surface area contributed by atoms with Gasteiger partial charge in [0.25, 0.3) is 0 Å². The van der Waals surface area contributed by atoms with Gasteiger partial charge in [-0.25, -0.2) is 4.98 Å². The minimum atomic E-state index is -4.50. The molecule has 2 rings (SSSR count). The van der Waals surface area contributed by atoms with Crippen LogP contribution in [0, 0.1) is 5.92 Å². The molecule has 0 saturated heterocycles. The highest BCUT2D eigenvalue weighted by molar-refractivity contribution is 5.49. The Morgan fingerprint density at radius 2 is 1.87 bits per heavy atom. The predicted molar refractivity (Wildman–Crippen MR) is 85.2 cm³/mol. The van der Waals surface area contributed by atoms with Gasteiger partial charge in [-0.3, -0.25) is 4.40 Å². The summed E-state index contributed by atoms with van der Waals surface area (Å²) in [5, 5.41) is 10.5. The molecule has 2 heterocycles. The second-order valence-corrected chi connectivity index (χ2v) is 5.22. The lowest BCUT2D eigenvalue weighted by Gasteiger charge is -2.25. The van der Waals surface area contributed by atoms with E-state index in [0.29, 0.717) is 18.4 Å². The van der Waals surface area contributed by atoms with Crippen molar-refractivity contribution in [2.24, 2.45) is 5.92 Å². The number of alkyl halides is 3. The van der Waals surface area contributed by atoms with E-state index in [4.69, 9.17) is 0 Å². The molecule has 0 bridgehead atoms. The highest BCUT2D eigenvalue weighted by atomic mass is 19.4. The van der Waals surface area contributed by atoms with Crippen molar-refractivity contribution in [1.82, 2.24) is 9.38 Å². The summed E-state index contributed by atoms with van der Waals surface area (Å²) < 4.78 is 41.1. The topological polar surface area (TPSA) is 37.5 Å². The number of aliphatic hydroxyl groups is 1. The Bertz CT molecular complexity index is 607. The summed E-state index contributed by atoms with van der Waals surface area (Å²) in [4.78, 5) is 3.88. The summed E-state index contributed by atoms with van der Waals surface area (Å²) >= 11 is 0. The summed E-state index contributed by atoms with van der Waals surface area (Å²) in [5.41, 5.74) is -0.365. The van der Waals surface area contributed by atoms with E-state index in [1.165, 1.54) is 23.0 Å². The zero-order chi connectivity index (χ0) is 17.6. The van der Waals surface area contributed by atoms with Gasteiger partial charge in [0.2, 0.25) is 0 Å². The van der Waals surface area contributed by atoms with Crippen molar-refractivity contribution in [2.45, 2.75) is 59.2 Å². The maximum absolute atomic E-state index is 13.3. The SMILES string of the molecule is CC.CCCC(CC)C(O)c1c(C(F)(F)F)ccc2cncn12. The van der Waals surface area contributed by atoms with E-state index in [0.717, 1.165) is 12.5 Å². The number of hydrogen-bond acceptors (Lipinski definition) is 2. The van der Waals surface area contributed by atoms with Gasteiger partial charge in [-0.1, -0.05) is 40.5 Å². The number of pyridine rings is 1. The third kappa shape index (κ3) is 4.25. The number of nitrogens with zero attached hydrogens (tertiary/aromatic N) is 2. The molecule has 0 amide bonds. The van der Waals surface area contributed by atoms with Gasteiger partial charge < -0.3 is 5.11 Å². The molecule has 0 aliphatic rings. The van der Waals surface area contributed by atoms with Gasteiger partial charge in [0.1, 0.15) is 0 Å². The number of rotatable bonds is 5.